The molecule has 2 rings (SSSR count). The third-order valence-electron chi connectivity index (χ3n) is 4.22. The van der Waals surface area contributed by atoms with Gasteiger partial charge in [0.25, 0.3) is 0 Å². The maximum absolute atomic E-state index is 11.7. The van der Waals surface area contributed by atoms with E-state index in [2.05, 4.69) is 0 Å². The highest BCUT2D eigenvalue weighted by molar-refractivity contribution is 5.82. The van der Waals surface area contributed by atoms with Crippen molar-refractivity contribution in [3.63, 3.8) is 0 Å². The van der Waals surface area contributed by atoms with Crippen LogP contribution in [0.1, 0.15) is 83.1 Å². The molecule has 2 heterocycles. The van der Waals surface area contributed by atoms with E-state index in [1.165, 1.54) is 19.3 Å². The van der Waals surface area contributed by atoms with Gasteiger partial charge in [-0.3, -0.25) is 9.59 Å². The van der Waals surface area contributed by atoms with E-state index in [-0.39, 0.29) is 39.0 Å². The molecule has 5 heteroatoms. The highest BCUT2D eigenvalue weighted by Crippen LogP contribution is 2.20. The minimum atomic E-state index is -0.253. The SMILES string of the molecule is C.C.C.CC(C)(C)C(=O)N1CCCCC1.CC(C)(C)C(=O)N1CCOCC1. The van der Waals surface area contributed by atoms with E-state index in [0.29, 0.717) is 19.1 Å². The summed E-state index contributed by atoms with van der Waals surface area (Å²) in [4.78, 5) is 27.3. The molecule has 0 saturated carbocycles. The lowest BCUT2D eigenvalue weighted by Gasteiger charge is -2.32. The lowest BCUT2D eigenvalue weighted by Crippen LogP contribution is -2.45. The molecule has 0 radical (unpaired) electrons. The van der Waals surface area contributed by atoms with Crippen LogP contribution in [0.4, 0.5) is 0 Å². The Hall–Kier alpha value is -1.10. The summed E-state index contributed by atoms with van der Waals surface area (Å²) in [6.07, 6.45) is 3.65. The molecule has 5 nitrogen and oxygen atoms in total. The van der Waals surface area contributed by atoms with Gasteiger partial charge < -0.3 is 14.5 Å². The number of morpholine rings is 1. The van der Waals surface area contributed by atoms with Crippen LogP contribution in [0.5, 0.6) is 0 Å². The first-order valence-corrected chi connectivity index (χ1v) is 9.20. The number of carbonyl (C=O) groups is 2. The fraction of sp³-hybridized carbons (Fsp3) is 0.909. The standard InChI is InChI=1S/C10H19NO.C9H17NO2.3CH4/c1-10(2,3)9(12)11-7-5-4-6-8-11;1-9(2,3)8(11)10-4-6-12-7-5-10;;;/h4-8H2,1-3H3;4-7H2,1-3H3;3*1H4. The van der Waals surface area contributed by atoms with Crippen LogP contribution in [0, 0.1) is 10.8 Å². The van der Waals surface area contributed by atoms with E-state index in [0.717, 1.165) is 26.2 Å². The van der Waals surface area contributed by atoms with E-state index >= 15 is 0 Å². The zero-order chi connectivity index (χ0) is 18.4. The van der Waals surface area contributed by atoms with Crippen molar-refractivity contribution in [2.24, 2.45) is 10.8 Å². The Kier molecular flexibility index (Phi) is 14.9. The number of amides is 2. The van der Waals surface area contributed by atoms with E-state index < -0.39 is 0 Å². The molecule has 2 aliphatic rings. The van der Waals surface area contributed by atoms with Gasteiger partial charge in [-0.15, -0.1) is 0 Å². The Balaban J connectivity index is -0.000000384. The lowest BCUT2D eigenvalue weighted by atomic mass is 9.93. The van der Waals surface area contributed by atoms with Gasteiger partial charge in [0, 0.05) is 37.0 Å². The van der Waals surface area contributed by atoms with Crippen molar-refractivity contribution >= 4 is 11.8 Å². The van der Waals surface area contributed by atoms with Gasteiger partial charge in [0.1, 0.15) is 0 Å². The number of likely N-dealkylation sites (tertiary alicyclic amines) is 1. The van der Waals surface area contributed by atoms with E-state index in [1.807, 2.05) is 51.3 Å². The molecule has 2 saturated heterocycles. The monoisotopic (exact) mass is 388 g/mol. The molecule has 164 valence electrons. The van der Waals surface area contributed by atoms with Gasteiger partial charge in [-0.25, -0.2) is 0 Å². The molecule has 2 aliphatic heterocycles. The van der Waals surface area contributed by atoms with Gasteiger partial charge in [-0.2, -0.15) is 0 Å². The summed E-state index contributed by atoms with van der Waals surface area (Å²) < 4.78 is 5.17. The van der Waals surface area contributed by atoms with Gasteiger partial charge in [-0.1, -0.05) is 63.8 Å². The van der Waals surface area contributed by atoms with E-state index in [4.69, 9.17) is 4.74 Å². The Bertz CT molecular complexity index is 370. The van der Waals surface area contributed by atoms with Crippen LogP contribution in [0.3, 0.4) is 0 Å². The second-order valence-electron chi connectivity index (χ2n) is 8.76. The molecule has 0 bridgehead atoms. The largest absolute Gasteiger partial charge is 0.378 e. The fourth-order valence-corrected chi connectivity index (χ4v) is 2.81. The summed E-state index contributed by atoms with van der Waals surface area (Å²) >= 11 is 0. The lowest BCUT2D eigenvalue weighted by molar-refractivity contribution is -0.143. The number of rotatable bonds is 0. The third-order valence-corrected chi connectivity index (χ3v) is 4.22. The van der Waals surface area contributed by atoms with E-state index in [1.54, 1.807) is 0 Å². The second-order valence-corrected chi connectivity index (χ2v) is 8.76. The average molecular weight is 389 g/mol. The van der Waals surface area contributed by atoms with Gasteiger partial charge in [0.2, 0.25) is 11.8 Å². The predicted octanol–water partition coefficient (Wildman–Crippen LogP) is 4.84. The van der Waals surface area contributed by atoms with Crippen molar-refractivity contribution in [3.05, 3.63) is 0 Å². The number of hydrogen-bond donors (Lipinski definition) is 0. The molecule has 0 spiro atoms. The van der Waals surface area contributed by atoms with Crippen molar-refractivity contribution in [1.29, 1.82) is 0 Å². The Morgan fingerprint density at radius 3 is 1.30 bits per heavy atom. The topological polar surface area (TPSA) is 49.9 Å². The molecule has 0 aromatic carbocycles. The maximum atomic E-state index is 11.7. The van der Waals surface area contributed by atoms with Crippen molar-refractivity contribution in [2.75, 3.05) is 39.4 Å². The Morgan fingerprint density at radius 1 is 0.630 bits per heavy atom. The van der Waals surface area contributed by atoms with Gasteiger partial charge in [-0.05, 0) is 19.3 Å². The van der Waals surface area contributed by atoms with Crippen LogP contribution in [0.15, 0.2) is 0 Å². The first kappa shape index (κ1) is 30.6. The summed E-state index contributed by atoms with van der Waals surface area (Å²) in [5.74, 6) is 0.535. The predicted molar refractivity (Wildman–Crippen MR) is 117 cm³/mol. The summed E-state index contributed by atoms with van der Waals surface area (Å²) in [6, 6.07) is 0. The molecule has 2 fully saturated rings. The van der Waals surface area contributed by atoms with Crippen molar-refractivity contribution in [1.82, 2.24) is 9.80 Å². The average Bonchev–Trinajstić information content (AvgIpc) is 2.54. The van der Waals surface area contributed by atoms with Crippen LogP contribution in [0.2, 0.25) is 0 Å². The molecule has 0 aromatic rings. The summed E-state index contributed by atoms with van der Waals surface area (Å²) in [7, 11) is 0. The fourth-order valence-electron chi connectivity index (χ4n) is 2.81. The van der Waals surface area contributed by atoms with Gasteiger partial charge in [0.15, 0.2) is 0 Å². The molecule has 0 aromatic heterocycles. The first-order valence-electron chi connectivity index (χ1n) is 9.20. The summed E-state index contributed by atoms with van der Waals surface area (Å²) in [5, 5.41) is 0. The highest BCUT2D eigenvalue weighted by atomic mass is 16.5. The van der Waals surface area contributed by atoms with Crippen LogP contribution < -0.4 is 0 Å². The molecule has 0 atom stereocenters. The molecule has 0 aliphatic carbocycles. The molecule has 0 unspecified atom stereocenters. The molecule has 27 heavy (non-hydrogen) atoms. The van der Waals surface area contributed by atoms with Crippen LogP contribution in [-0.2, 0) is 14.3 Å². The smallest absolute Gasteiger partial charge is 0.228 e. The quantitative estimate of drug-likeness (QED) is 0.596. The zero-order valence-electron chi connectivity index (χ0n) is 16.5. The Morgan fingerprint density at radius 2 is 0.963 bits per heavy atom. The number of carbonyl (C=O) groups excluding carboxylic acids is 2. The van der Waals surface area contributed by atoms with Crippen LogP contribution >= 0.6 is 0 Å². The molecule has 2 amide bonds. The third kappa shape index (κ3) is 10.7. The number of ether oxygens (including phenoxy) is 1. The van der Waals surface area contributed by atoms with Crippen LogP contribution in [0.25, 0.3) is 0 Å². The maximum Gasteiger partial charge on any atom is 0.228 e. The summed E-state index contributed by atoms with van der Waals surface area (Å²) in [6.45, 7) is 16.6. The number of piperidine rings is 1. The van der Waals surface area contributed by atoms with Crippen molar-refractivity contribution in [2.45, 2.75) is 83.1 Å². The van der Waals surface area contributed by atoms with Crippen LogP contribution in [-0.4, -0.2) is 61.0 Å². The Labute approximate surface area is 169 Å². The molecular formula is C22H48N2O3. The normalized spacial score (nSPS) is 17.3. The highest BCUT2D eigenvalue weighted by Gasteiger charge is 2.28. The minimum Gasteiger partial charge on any atom is -0.378 e. The molecule has 0 N–H and O–H groups in total. The first-order chi connectivity index (χ1) is 11.0. The van der Waals surface area contributed by atoms with E-state index in [9.17, 15) is 9.59 Å². The number of nitrogens with zero attached hydrogens (tertiary/aromatic N) is 2. The number of hydrogen-bond acceptors (Lipinski definition) is 3. The zero-order valence-corrected chi connectivity index (χ0v) is 16.5. The minimum absolute atomic E-state index is 0. The second kappa shape index (κ2) is 13.1. The van der Waals surface area contributed by atoms with Crippen molar-refractivity contribution in [3.8, 4) is 0 Å². The molecular weight excluding hydrogens is 340 g/mol. The van der Waals surface area contributed by atoms with Crippen molar-refractivity contribution < 1.29 is 14.3 Å². The van der Waals surface area contributed by atoms with Gasteiger partial charge in [0.05, 0.1) is 13.2 Å². The van der Waals surface area contributed by atoms with Gasteiger partial charge >= 0.3 is 0 Å². The summed E-state index contributed by atoms with van der Waals surface area (Å²) in [5.41, 5.74) is -0.450.